The SMILES string of the molecule is O=C(O)CCCn1ccc2cc(-c3cccc(F)c3)ccc21. The van der Waals surface area contributed by atoms with E-state index in [-0.39, 0.29) is 12.2 Å². The van der Waals surface area contributed by atoms with Crippen LogP contribution in [0.3, 0.4) is 0 Å². The van der Waals surface area contributed by atoms with Crippen LogP contribution in [0, 0.1) is 5.82 Å². The Morgan fingerprint density at radius 1 is 1.09 bits per heavy atom. The smallest absolute Gasteiger partial charge is 0.303 e. The van der Waals surface area contributed by atoms with Crippen molar-refractivity contribution in [2.45, 2.75) is 19.4 Å². The molecule has 0 aliphatic heterocycles. The standard InChI is InChI=1S/C18H16FNO2/c19-16-4-1-3-13(12-16)14-6-7-17-15(11-14)8-10-20(17)9-2-5-18(21)22/h1,3-4,6-8,10-12H,2,5,9H2,(H,21,22). The van der Waals surface area contributed by atoms with Crippen molar-refractivity contribution in [1.82, 2.24) is 4.57 Å². The minimum atomic E-state index is -0.773. The molecule has 0 aliphatic rings. The number of rotatable bonds is 5. The normalized spacial score (nSPS) is 11.0. The third kappa shape index (κ3) is 3.01. The minimum absolute atomic E-state index is 0.168. The summed E-state index contributed by atoms with van der Waals surface area (Å²) in [6.07, 6.45) is 2.73. The van der Waals surface area contributed by atoms with Gasteiger partial charge in [0.1, 0.15) is 5.82 Å². The zero-order chi connectivity index (χ0) is 15.5. The van der Waals surface area contributed by atoms with Crippen molar-refractivity contribution >= 4 is 16.9 Å². The Labute approximate surface area is 127 Å². The monoisotopic (exact) mass is 297 g/mol. The van der Waals surface area contributed by atoms with Gasteiger partial charge in [-0.1, -0.05) is 18.2 Å². The van der Waals surface area contributed by atoms with E-state index in [9.17, 15) is 9.18 Å². The van der Waals surface area contributed by atoms with E-state index in [0.717, 1.165) is 22.0 Å². The molecule has 22 heavy (non-hydrogen) atoms. The van der Waals surface area contributed by atoms with Crippen molar-refractivity contribution < 1.29 is 14.3 Å². The molecule has 0 unspecified atom stereocenters. The zero-order valence-electron chi connectivity index (χ0n) is 12.0. The molecule has 3 aromatic rings. The summed E-state index contributed by atoms with van der Waals surface area (Å²) in [5, 5.41) is 9.77. The van der Waals surface area contributed by atoms with Crippen molar-refractivity contribution in [1.29, 1.82) is 0 Å². The summed E-state index contributed by atoms with van der Waals surface area (Å²) in [6, 6.07) is 14.5. The molecule has 3 rings (SSSR count). The third-order valence-electron chi connectivity index (χ3n) is 3.72. The highest BCUT2D eigenvalue weighted by atomic mass is 19.1. The molecule has 1 N–H and O–H groups in total. The van der Waals surface area contributed by atoms with E-state index in [1.54, 1.807) is 6.07 Å². The second-order valence-corrected chi connectivity index (χ2v) is 5.29. The highest BCUT2D eigenvalue weighted by Crippen LogP contribution is 2.26. The maximum absolute atomic E-state index is 13.3. The lowest BCUT2D eigenvalue weighted by atomic mass is 10.0. The van der Waals surface area contributed by atoms with E-state index in [2.05, 4.69) is 0 Å². The fraction of sp³-hybridized carbons (Fsp3) is 0.167. The molecular formula is C18H16FNO2. The Hall–Kier alpha value is -2.62. The number of aromatic nitrogens is 1. The van der Waals surface area contributed by atoms with Gasteiger partial charge in [-0.05, 0) is 47.9 Å². The average molecular weight is 297 g/mol. The highest BCUT2D eigenvalue weighted by molar-refractivity contribution is 5.85. The van der Waals surface area contributed by atoms with Crippen molar-refractivity contribution in [2.24, 2.45) is 0 Å². The van der Waals surface area contributed by atoms with Gasteiger partial charge in [0, 0.05) is 30.1 Å². The first-order chi connectivity index (χ1) is 10.6. The summed E-state index contributed by atoms with van der Waals surface area (Å²) in [5.74, 6) is -1.02. The molecular weight excluding hydrogens is 281 g/mol. The van der Waals surface area contributed by atoms with Crippen LogP contribution in [-0.4, -0.2) is 15.6 Å². The molecule has 0 fully saturated rings. The molecule has 0 saturated heterocycles. The second kappa shape index (κ2) is 6.02. The maximum atomic E-state index is 13.3. The number of hydrogen-bond acceptors (Lipinski definition) is 1. The number of hydrogen-bond donors (Lipinski definition) is 1. The number of aryl methyl sites for hydroxylation is 1. The molecule has 0 aliphatic carbocycles. The van der Waals surface area contributed by atoms with Crippen LogP contribution >= 0.6 is 0 Å². The molecule has 112 valence electrons. The number of benzene rings is 2. The van der Waals surface area contributed by atoms with Crippen LogP contribution in [0.1, 0.15) is 12.8 Å². The van der Waals surface area contributed by atoms with Gasteiger partial charge in [0.2, 0.25) is 0 Å². The summed E-state index contributed by atoms with van der Waals surface area (Å²) >= 11 is 0. The van der Waals surface area contributed by atoms with Crippen LogP contribution in [0.2, 0.25) is 0 Å². The van der Waals surface area contributed by atoms with Crippen molar-refractivity contribution in [3.8, 4) is 11.1 Å². The molecule has 1 aromatic heterocycles. The largest absolute Gasteiger partial charge is 0.481 e. The maximum Gasteiger partial charge on any atom is 0.303 e. The van der Waals surface area contributed by atoms with Crippen LogP contribution < -0.4 is 0 Å². The van der Waals surface area contributed by atoms with Gasteiger partial charge < -0.3 is 9.67 Å². The van der Waals surface area contributed by atoms with E-state index < -0.39 is 5.97 Å². The highest BCUT2D eigenvalue weighted by Gasteiger charge is 2.05. The van der Waals surface area contributed by atoms with Crippen LogP contribution in [0.5, 0.6) is 0 Å². The number of nitrogens with zero attached hydrogens (tertiary/aromatic N) is 1. The van der Waals surface area contributed by atoms with Gasteiger partial charge in [-0.15, -0.1) is 0 Å². The van der Waals surface area contributed by atoms with E-state index in [1.165, 1.54) is 12.1 Å². The van der Waals surface area contributed by atoms with E-state index in [4.69, 9.17) is 5.11 Å². The summed E-state index contributed by atoms with van der Waals surface area (Å²) in [6.45, 7) is 0.676. The molecule has 0 atom stereocenters. The summed E-state index contributed by atoms with van der Waals surface area (Å²) in [5.41, 5.74) is 2.88. The van der Waals surface area contributed by atoms with Gasteiger partial charge in [-0.3, -0.25) is 4.79 Å². The predicted molar refractivity (Wildman–Crippen MR) is 84.2 cm³/mol. The Balaban J connectivity index is 1.87. The first kappa shape index (κ1) is 14.3. The van der Waals surface area contributed by atoms with Crippen LogP contribution in [0.25, 0.3) is 22.0 Å². The fourth-order valence-electron chi connectivity index (χ4n) is 2.64. The molecule has 4 heteroatoms. The Morgan fingerprint density at radius 3 is 2.68 bits per heavy atom. The Bertz CT molecular complexity index is 823. The number of aliphatic carboxylic acids is 1. The van der Waals surface area contributed by atoms with Crippen LogP contribution in [-0.2, 0) is 11.3 Å². The molecule has 0 bridgehead atoms. The first-order valence-corrected chi connectivity index (χ1v) is 7.20. The number of fused-ring (bicyclic) bond motifs is 1. The Kier molecular flexibility index (Phi) is 3.92. The summed E-state index contributed by atoms with van der Waals surface area (Å²) < 4.78 is 15.4. The Morgan fingerprint density at radius 2 is 1.91 bits per heavy atom. The fourth-order valence-corrected chi connectivity index (χ4v) is 2.64. The van der Waals surface area contributed by atoms with E-state index in [0.29, 0.717) is 13.0 Å². The van der Waals surface area contributed by atoms with Crippen molar-refractivity contribution in [3.05, 3.63) is 60.5 Å². The van der Waals surface area contributed by atoms with Gasteiger partial charge in [-0.2, -0.15) is 0 Å². The number of carboxylic acids is 1. The van der Waals surface area contributed by atoms with Gasteiger partial charge in [-0.25, -0.2) is 4.39 Å². The molecule has 2 aromatic carbocycles. The lowest BCUT2D eigenvalue weighted by Gasteiger charge is -2.06. The molecule has 0 spiro atoms. The first-order valence-electron chi connectivity index (χ1n) is 7.20. The third-order valence-corrected chi connectivity index (χ3v) is 3.72. The lowest BCUT2D eigenvalue weighted by Crippen LogP contribution is -2.00. The van der Waals surface area contributed by atoms with Gasteiger partial charge in [0.15, 0.2) is 0 Å². The van der Waals surface area contributed by atoms with Crippen molar-refractivity contribution in [3.63, 3.8) is 0 Å². The minimum Gasteiger partial charge on any atom is -0.481 e. The molecule has 3 nitrogen and oxygen atoms in total. The van der Waals surface area contributed by atoms with Crippen LogP contribution in [0.4, 0.5) is 4.39 Å². The number of carboxylic acid groups (broad SMARTS) is 1. The van der Waals surface area contributed by atoms with E-state index >= 15 is 0 Å². The van der Waals surface area contributed by atoms with E-state index in [1.807, 2.05) is 41.1 Å². The average Bonchev–Trinajstić information content (AvgIpc) is 2.89. The molecule has 1 heterocycles. The second-order valence-electron chi connectivity index (χ2n) is 5.29. The zero-order valence-corrected chi connectivity index (χ0v) is 12.0. The molecule has 0 saturated carbocycles. The number of carbonyl (C=O) groups is 1. The van der Waals surface area contributed by atoms with Gasteiger partial charge in [0.25, 0.3) is 0 Å². The number of halogens is 1. The van der Waals surface area contributed by atoms with Gasteiger partial charge >= 0.3 is 5.97 Å². The van der Waals surface area contributed by atoms with Gasteiger partial charge in [0.05, 0.1) is 0 Å². The van der Waals surface area contributed by atoms with Crippen LogP contribution in [0.15, 0.2) is 54.7 Å². The molecule has 0 amide bonds. The quantitative estimate of drug-likeness (QED) is 0.762. The summed E-state index contributed by atoms with van der Waals surface area (Å²) in [4.78, 5) is 10.6. The van der Waals surface area contributed by atoms with Crippen molar-refractivity contribution in [2.75, 3.05) is 0 Å². The molecule has 0 radical (unpaired) electrons. The summed E-state index contributed by atoms with van der Waals surface area (Å²) in [7, 11) is 0. The topological polar surface area (TPSA) is 42.2 Å². The lowest BCUT2D eigenvalue weighted by molar-refractivity contribution is -0.137. The predicted octanol–water partition coefficient (Wildman–Crippen LogP) is 4.31.